The van der Waals surface area contributed by atoms with E-state index in [1.165, 1.54) is 44.0 Å². The number of H-pyrrole nitrogens is 1. The molecule has 5 heterocycles. The van der Waals surface area contributed by atoms with Crippen LogP contribution >= 0.6 is 0 Å². The first-order valence-corrected chi connectivity index (χ1v) is 14.3. The summed E-state index contributed by atoms with van der Waals surface area (Å²) in [5, 5.41) is 8.45. The molecule has 0 unspecified atom stereocenters. The van der Waals surface area contributed by atoms with Gasteiger partial charge in [0.1, 0.15) is 5.82 Å². The molecule has 2 fully saturated rings. The van der Waals surface area contributed by atoms with E-state index in [0.29, 0.717) is 32.3 Å². The number of likely N-dealkylation sites (tertiary alicyclic amines) is 1. The van der Waals surface area contributed by atoms with Gasteiger partial charge in [-0.15, -0.1) is 0 Å². The van der Waals surface area contributed by atoms with Gasteiger partial charge in [0.25, 0.3) is 0 Å². The Kier molecular flexibility index (Phi) is 7.62. The average molecular weight is 531 g/mol. The fourth-order valence-corrected chi connectivity index (χ4v) is 6.05. The van der Waals surface area contributed by atoms with E-state index in [4.69, 9.17) is 14.7 Å². The molecule has 0 aliphatic carbocycles. The Balaban J connectivity index is 1.22. The maximum Gasteiger partial charge on any atom is 0.318 e. The first-order chi connectivity index (χ1) is 19.2. The van der Waals surface area contributed by atoms with Crippen molar-refractivity contribution >= 4 is 28.3 Å². The van der Waals surface area contributed by atoms with Gasteiger partial charge in [-0.05, 0) is 57.0 Å². The van der Waals surface area contributed by atoms with Gasteiger partial charge in [-0.2, -0.15) is 15.1 Å². The van der Waals surface area contributed by atoms with Crippen molar-refractivity contribution in [3.63, 3.8) is 0 Å². The molecule has 1 amide bonds. The number of piperazine rings is 1. The molecule has 3 aliphatic heterocycles. The fraction of sp³-hybridized carbons (Fsp3) is 0.517. The van der Waals surface area contributed by atoms with Crippen LogP contribution in [0.25, 0.3) is 10.9 Å². The molecule has 3 aromatic rings. The summed E-state index contributed by atoms with van der Waals surface area (Å²) < 4.78 is 6.18. The molecule has 39 heavy (non-hydrogen) atoms. The van der Waals surface area contributed by atoms with Crippen LogP contribution in [0.3, 0.4) is 0 Å². The highest BCUT2D eigenvalue weighted by atomic mass is 16.5. The average Bonchev–Trinajstić information content (AvgIpc) is 3.48. The lowest BCUT2D eigenvalue weighted by atomic mass is 10.0. The second-order valence-corrected chi connectivity index (χ2v) is 10.7. The highest BCUT2D eigenvalue weighted by molar-refractivity contribution is 5.91. The summed E-state index contributed by atoms with van der Waals surface area (Å²) >= 11 is 0. The SMILES string of the molecule is C=CC(=O)N1CCN(c2nc(OCCCN3CCCCC3)nc3c2CCN(c2cccc4[nH]ncc24)C3)CC1. The first-order valence-electron chi connectivity index (χ1n) is 14.3. The van der Waals surface area contributed by atoms with Gasteiger partial charge in [-0.3, -0.25) is 9.89 Å². The van der Waals surface area contributed by atoms with Gasteiger partial charge in [-0.1, -0.05) is 19.1 Å². The number of aromatic amines is 1. The van der Waals surface area contributed by atoms with Gasteiger partial charge in [0.05, 0.1) is 30.6 Å². The second kappa shape index (κ2) is 11.6. The molecule has 0 bridgehead atoms. The normalized spacial score (nSPS) is 18.3. The topological polar surface area (TPSA) is 93.7 Å². The van der Waals surface area contributed by atoms with Gasteiger partial charge in [0.15, 0.2) is 0 Å². The smallest absolute Gasteiger partial charge is 0.318 e. The lowest BCUT2D eigenvalue weighted by Crippen LogP contribution is -2.49. The van der Waals surface area contributed by atoms with Crippen molar-refractivity contribution in [2.75, 3.05) is 68.8 Å². The quantitative estimate of drug-likeness (QED) is 0.351. The Hall–Kier alpha value is -3.66. The Morgan fingerprint density at radius 2 is 1.87 bits per heavy atom. The number of carbonyl (C=O) groups excluding carboxylic acids is 1. The highest BCUT2D eigenvalue weighted by Crippen LogP contribution is 2.33. The minimum Gasteiger partial charge on any atom is -0.463 e. The number of nitrogens with one attached hydrogen (secondary N) is 1. The number of hydrogen-bond acceptors (Lipinski definition) is 8. The Labute approximate surface area is 229 Å². The summed E-state index contributed by atoms with van der Waals surface area (Å²) in [6.07, 6.45) is 9.05. The molecule has 3 aliphatic rings. The number of benzene rings is 1. The van der Waals surface area contributed by atoms with E-state index in [9.17, 15) is 4.79 Å². The van der Waals surface area contributed by atoms with Crippen LogP contribution < -0.4 is 14.5 Å². The number of hydrogen-bond donors (Lipinski definition) is 1. The van der Waals surface area contributed by atoms with Gasteiger partial charge in [-0.25, -0.2) is 0 Å². The largest absolute Gasteiger partial charge is 0.463 e. The van der Waals surface area contributed by atoms with E-state index in [0.717, 1.165) is 67.1 Å². The van der Waals surface area contributed by atoms with Crippen LogP contribution in [0.5, 0.6) is 6.01 Å². The van der Waals surface area contributed by atoms with E-state index in [1.54, 1.807) is 0 Å². The monoisotopic (exact) mass is 530 g/mol. The Bertz CT molecular complexity index is 1310. The van der Waals surface area contributed by atoms with Crippen molar-refractivity contribution in [3.8, 4) is 6.01 Å². The van der Waals surface area contributed by atoms with Crippen molar-refractivity contribution in [2.45, 2.75) is 38.6 Å². The molecule has 1 aromatic carbocycles. The molecule has 10 nitrogen and oxygen atoms in total. The van der Waals surface area contributed by atoms with Crippen LogP contribution in [0, 0.1) is 0 Å². The summed E-state index contributed by atoms with van der Waals surface area (Å²) in [6, 6.07) is 6.72. The van der Waals surface area contributed by atoms with E-state index < -0.39 is 0 Å². The molecule has 0 spiro atoms. The summed E-state index contributed by atoms with van der Waals surface area (Å²) in [6.45, 7) is 12.0. The molecular weight excluding hydrogens is 492 g/mol. The minimum absolute atomic E-state index is 0.0128. The minimum atomic E-state index is -0.0128. The molecule has 0 saturated carbocycles. The zero-order valence-corrected chi connectivity index (χ0v) is 22.6. The predicted octanol–water partition coefficient (Wildman–Crippen LogP) is 3.00. The molecule has 6 rings (SSSR count). The number of carbonyl (C=O) groups is 1. The van der Waals surface area contributed by atoms with Crippen LogP contribution in [0.2, 0.25) is 0 Å². The summed E-state index contributed by atoms with van der Waals surface area (Å²) in [5.41, 5.74) is 4.40. The number of anilines is 2. The molecule has 0 radical (unpaired) electrons. The van der Waals surface area contributed by atoms with Gasteiger partial charge >= 0.3 is 6.01 Å². The maximum atomic E-state index is 12.1. The predicted molar refractivity (Wildman–Crippen MR) is 152 cm³/mol. The number of piperidine rings is 1. The van der Waals surface area contributed by atoms with E-state index >= 15 is 0 Å². The number of fused-ring (bicyclic) bond motifs is 2. The van der Waals surface area contributed by atoms with Gasteiger partial charge in [0, 0.05) is 55.9 Å². The molecule has 0 atom stereocenters. The third-order valence-electron chi connectivity index (χ3n) is 8.19. The van der Waals surface area contributed by atoms with Crippen LogP contribution in [0.15, 0.2) is 37.1 Å². The van der Waals surface area contributed by atoms with Crippen LogP contribution in [-0.4, -0.2) is 94.8 Å². The first kappa shape index (κ1) is 25.6. The van der Waals surface area contributed by atoms with Gasteiger partial charge < -0.3 is 24.3 Å². The number of ether oxygens (including phenoxy) is 1. The maximum absolute atomic E-state index is 12.1. The Morgan fingerprint density at radius 1 is 1.03 bits per heavy atom. The molecular formula is C29H38N8O2. The van der Waals surface area contributed by atoms with Crippen LogP contribution in [0.4, 0.5) is 11.5 Å². The third kappa shape index (κ3) is 5.56. The van der Waals surface area contributed by atoms with E-state index in [-0.39, 0.29) is 5.91 Å². The van der Waals surface area contributed by atoms with Crippen molar-refractivity contribution in [3.05, 3.63) is 48.3 Å². The summed E-state index contributed by atoms with van der Waals surface area (Å²) in [4.78, 5) is 31.1. The van der Waals surface area contributed by atoms with Gasteiger partial charge in [0.2, 0.25) is 5.91 Å². The van der Waals surface area contributed by atoms with Crippen molar-refractivity contribution < 1.29 is 9.53 Å². The molecule has 1 N–H and O–H groups in total. The van der Waals surface area contributed by atoms with Crippen molar-refractivity contribution in [1.29, 1.82) is 0 Å². The Morgan fingerprint density at radius 3 is 2.69 bits per heavy atom. The zero-order chi connectivity index (χ0) is 26.6. The number of amides is 1. The summed E-state index contributed by atoms with van der Waals surface area (Å²) in [5.74, 6) is 0.944. The lowest BCUT2D eigenvalue weighted by Gasteiger charge is -2.38. The second-order valence-electron chi connectivity index (χ2n) is 10.7. The molecule has 10 heteroatoms. The van der Waals surface area contributed by atoms with Crippen molar-refractivity contribution in [2.24, 2.45) is 0 Å². The highest BCUT2D eigenvalue weighted by Gasteiger charge is 2.29. The molecule has 2 aromatic heterocycles. The van der Waals surface area contributed by atoms with E-state index in [2.05, 4.69) is 49.7 Å². The summed E-state index contributed by atoms with van der Waals surface area (Å²) in [7, 11) is 0. The van der Waals surface area contributed by atoms with E-state index in [1.807, 2.05) is 11.1 Å². The number of aromatic nitrogens is 4. The fourth-order valence-electron chi connectivity index (χ4n) is 6.05. The van der Waals surface area contributed by atoms with Crippen molar-refractivity contribution in [1.82, 2.24) is 30.0 Å². The number of rotatable bonds is 8. The molecule has 2 saturated heterocycles. The molecule has 206 valence electrons. The standard InChI is InChI=1S/C29H38N8O2/c1-2-27(38)35-15-17-36(18-16-35)28-22-10-14-37(26-9-6-8-24-23(26)20-30-33-24)21-25(22)31-29(32-28)39-19-7-13-34-11-4-3-5-12-34/h2,6,8-9,20H,1,3-5,7,10-19,21H2,(H,30,33). The lowest BCUT2D eigenvalue weighted by molar-refractivity contribution is -0.126. The van der Waals surface area contributed by atoms with Crippen LogP contribution in [0.1, 0.15) is 36.9 Å². The zero-order valence-electron chi connectivity index (χ0n) is 22.6. The van der Waals surface area contributed by atoms with Crippen LogP contribution in [-0.2, 0) is 17.8 Å². The third-order valence-corrected chi connectivity index (χ3v) is 8.19. The number of nitrogens with zero attached hydrogens (tertiary/aromatic N) is 7.